The maximum absolute atomic E-state index is 13.7. The molecular formula is C11H12BrClFNO. The Morgan fingerprint density at radius 1 is 1.50 bits per heavy atom. The number of rotatable bonds is 3. The molecule has 0 spiro atoms. The molecule has 88 valence electrons. The number of carbonyl (C=O) groups excluding carboxylic acids is 1. The van der Waals surface area contributed by atoms with Crippen LogP contribution in [0.5, 0.6) is 0 Å². The Morgan fingerprint density at radius 3 is 2.56 bits per heavy atom. The Kier molecular flexibility index (Phi) is 4.47. The van der Waals surface area contributed by atoms with Crippen LogP contribution < -0.4 is 5.73 Å². The first-order valence-corrected chi connectivity index (χ1v) is 5.96. The van der Waals surface area contributed by atoms with Gasteiger partial charge in [0.25, 0.3) is 0 Å². The van der Waals surface area contributed by atoms with Crippen LogP contribution in [-0.2, 0) is 0 Å². The van der Waals surface area contributed by atoms with Crippen molar-refractivity contribution in [3.63, 3.8) is 0 Å². The molecule has 0 aliphatic heterocycles. The van der Waals surface area contributed by atoms with Gasteiger partial charge in [0.05, 0.1) is 16.6 Å². The van der Waals surface area contributed by atoms with Crippen molar-refractivity contribution in [2.24, 2.45) is 11.7 Å². The standard InChI is InChI=1S/C11H12BrClFNO/c1-5(2)10(15)11(16)6-3-4-7(12)8(13)9(6)14/h3-5,10H,15H2,1-2H3. The van der Waals surface area contributed by atoms with Crippen LogP contribution in [0.1, 0.15) is 24.2 Å². The zero-order chi connectivity index (χ0) is 12.5. The zero-order valence-electron chi connectivity index (χ0n) is 8.93. The molecule has 1 aromatic carbocycles. The summed E-state index contributed by atoms with van der Waals surface area (Å²) in [6, 6.07) is 2.20. The first-order valence-electron chi connectivity index (χ1n) is 4.79. The third kappa shape index (κ3) is 2.62. The van der Waals surface area contributed by atoms with Gasteiger partial charge in [-0.2, -0.15) is 0 Å². The van der Waals surface area contributed by atoms with E-state index >= 15 is 0 Å². The molecule has 5 heteroatoms. The Bertz CT molecular complexity index is 423. The first-order chi connectivity index (χ1) is 7.36. The van der Waals surface area contributed by atoms with E-state index in [4.69, 9.17) is 17.3 Å². The maximum Gasteiger partial charge on any atom is 0.182 e. The number of hydrogen-bond donors (Lipinski definition) is 1. The van der Waals surface area contributed by atoms with Gasteiger partial charge in [-0.05, 0) is 34.0 Å². The molecular weight excluding hydrogens is 296 g/mol. The highest BCUT2D eigenvalue weighted by Gasteiger charge is 2.23. The molecule has 0 saturated carbocycles. The van der Waals surface area contributed by atoms with Gasteiger partial charge in [-0.15, -0.1) is 0 Å². The molecule has 0 aliphatic rings. The molecule has 0 amide bonds. The van der Waals surface area contributed by atoms with Crippen molar-refractivity contribution in [2.45, 2.75) is 19.9 Å². The van der Waals surface area contributed by atoms with Crippen LogP contribution in [0.25, 0.3) is 0 Å². The summed E-state index contributed by atoms with van der Waals surface area (Å²) in [6.07, 6.45) is 0. The van der Waals surface area contributed by atoms with Gasteiger partial charge in [0.1, 0.15) is 0 Å². The van der Waals surface area contributed by atoms with Crippen molar-refractivity contribution < 1.29 is 9.18 Å². The average molecular weight is 309 g/mol. The van der Waals surface area contributed by atoms with Gasteiger partial charge >= 0.3 is 0 Å². The average Bonchev–Trinajstić information content (AvgIpc) is 2.24. The van der Waals surface area contributed by atoms with E-state index in [1.807, 2.05) is 0 Å². The number of Topliss-reactive ketones (excluding diaryl/α,β-unsaturated/α-hetero) is 1. The van der Waals surface area contributed by atoms with Crippen LogP contribution in [0, 0.1) is 11.7 Å². The molecule has 0 bridgehead atoms. The normalized spacial score (nSPS) is 12.9. The second kappa shape index (κ2) is 5.25. The van der Waals surface area contributed by atoms with E-state index in [0.717, 1.165) is 0 Å². The van der Waals surface area contributed by atoms with Gasteiger partial charge in [0.2, 0.25) is 0 Å². The molecule has 1 aromatic rings. The minimum atomic E-state index is -0.725. The number of halogens is 3. The molecule has 0 aromatic heterocycles. The van der Waals surface area contributed by atoms with Crippen LogP contribution in [0.2, 0.25) is 5.02 Å². The summed E-state index contributed by atoms with van der Waals surface area (Å²) in [4.78, 5) is 11.8. The fraction of sp³-hybridized carbons (Fsp3) is 0.364. The molecule has 0 heterocycles. The minimum Gasteiger partial charge on any atom is -0.321 e. The summed E-state index contributed by atoms with van der Waals surface area (Å²) in [5.74, 6) is -1.20. The molecule has 2 N–H and O–H groups in total. The summed E-state index contributed by atoms with van der Waals surface area (Å²) in [5.41, 5.74) is 5.62. The Morgan fingerprint density at radius 2 is 2.06 bits per heavy atom. The van der Waals surface area contributed by atoms with E-state index in [-0.39, 0.29) is 16.5 Å². The Balaban J connectivity index is 3.15. The lowest BCUT2D eigenvalue weighted by Crippen LogP contribution is -2.36. The van der Waals surface area contributed by atoms with Gasteiger partial charge in [0, 0.05) is 4.47 Å². The lowest BCUT2D eigenvalue weighted by atomic mass is 9.96. The van der Waals surface area contributed by atoms with E-state index in [0.29, 0.717) is 4.47 Å². The highest BCUT2D eigenvalue weighted by molar-refractivity contribution is 9.10. The van der Waals surface area contributed by atoms with Gasteiger partial charge in [-0.1, -0.05) is 25.4 Å². The van der Waals surface area contributed by atoms with E-state index in [9.17, 15) is 9.18 Å². The van der Waals surface area contributed by atoms with Crippen molar-refractivity contribution >= 4 is 33.3 Å². The van der Waals surface area contributed by atoms with Crippen LogP contribution in [0.3, 0.4) is 0 Å². The highest BCUT2D eigenvalue weighted by Crippen LogP contribution is 2.28. The second-order valence-corrected chi connectivity index (χ2v) is 5.09. The number of ketones is 1. The lowest BCUT2D eigenvalue weighted by Gasteiger charge is -2.15. The van der Waals surface area contributed by atoms with Gasteiger partial charge in [-0.25, -0.2) is 4.39 Å². The number of carbonyl (C=O) groups is 1. The molecule has 2 nitrogen and oxygen atoms in total. The van der Waals surface area contributed by atoms with Crippen LogP contribution >= 0.6 is 27.5 Å². The lowest BCUT2D eigenvalue weighted by molar-refractivity contribution is 0.0936. The molecule has 0 aliphatic carbocycles. The molecule has 1 atom stereocenters. The SMILES string of the molecule is CC(C)C(N)C(=O)c1ccc(Br)c(Cl)c1F. The predicted molar refractivity (Wildman–Crippen MR) is 66.3 cm³/mol. The third-order valence-corrected chi connectivity index (χ3v) is 3.58. The maximum atomic E-state index is 13.7. The number of benzene rings is 1. The van der Waals surface area contributed by atoms with Crippen LogP contribution in [0.4, 0.5) is 4.39 Å². The summed E-state index contributed by atoms with van der Waals surface area (Å²) in [7, 11) is 0. The number of nitrogens with two attached hydrogens (primary N) is 1. The quantitative estimate of drug-likeness (QED) is 0.687. The van der Waals surface area contributed by atoms with E-state index < -0.39 is 17.6 Å². The van der Waals surface area contributed by atoms with Crippen molar-refractivity contribution in [3.8, 4) is 0 Å². The molecule has 16 heavy (non-hydrogen) atoms. The zero-order valence-corrected chi connectivity index (χ0v) is 11.3. The largest absolute Gasteiger partial charge is 0.321 e. The van der Waals surface area contributed by atoms with E-state index in [1.165, 1.54) is 12.1 Å². The van der Waals surface area contributed by atoms with Gasteiger partial charge in [0.15, 0.2) is 11.6 Å². The topological polar surface area (TPSA) is 43.1 Å². The van der Waals surface area contributed by atoms with Crippen molar-refractivity contribution in [3.05, 3.63) is 33.0 Å². The van der Waals surface area contributed by atoms with Crippen LogP contribution in [0.15, 0.2) is 16.6 Å². The van der Waals surface area contributed by atoms with Crippen molar-refractivity contribution in [2.75, 3.05) is 0 Å². The van der Waals surface area contributed by atoms with E-state index in [1.54, 1.807) is 13.8 Å². The second-order valence-electron chi connectivity index (χ2n) is 3.86. The minimum absolute atomic E-state index is 0.0469. The Hall–Kier alpha value is -0.450. The molecule has 1 unspecified atom stereocenters. The highest BCUT2D eigenvalue weighted by atomic mass is 79.9. The van der Waals surface area contributed by atoms with Crippen molar-refractivity contribution in [1.82, 2.24) is 0 Å². The molecule has 0 radical (unpaired) electrons. The fourth-order valence-corrected chi connectivity index (χ4v) is 1.67. The van der Waals surface area contributed by atoms with Gasteiger partial charge in [-0.3, -0.25) is 4.79 Å². The smallest absolute Gasteiger partial charge is 0.182 e. The molecule has 0 fully saturated rings. The summed E-state index contributed by atoms with van der Waals surface area (Å²) >= 11 is 8.78. The monoisotopic (exact) mass is 307 g/mol. The molecule has 1 rings (SSSR count). The third-order valence-electron chi connectivity index (χ3n) is 2.32. The molecule has 0 saturated heterocycles. The Labute approximate surface area is 107 Å². The summed E-state index contributed by atoms with van der Waals surface area (Å²) in [6.45, 7) is 3.61. The summed E-state index contributed by atoms with van der Waals surface area (Å²) < 4.78 is 14.1. The first kappa shape index (κ1) is 13.6. The van der Waals surface area contributed by atoms with Crippen molar-refractivity contribution in [1.29, 1.82) is 0 Å². The van der Waals surface area contributed by atoms with Crippen LogP contribution in [-0.4, -0.2) is 11.8 Å². The van der Waals surface area contributed by atoms with Gasteiger partial charge < -0.3 is 5.73 Å². The number of hydrogen-bond acceptors (Lipinski definition) is 2. The predicted octanol–water partition coefficient (Wildman–Crippen LogP) is 3.41. The van der Waals surface area contributed by atoms with E-state index in [2.05, 4.69) is 15.9 Å². The fourth-order valence-electron chi connectivity index (χ4n) is 1.20. The summed E-state index contributed by atoms with van der Waals surface area (Å²) in [5, 5.41) is -0.0955.